The van der Waals surface area contributed by atoms with Crippen molar-refractivity contribution in [1.29, 1.82) is 0 Å². The fourth-order valence-corrected chi connectivity index (χ4v) is 1.33. The van der Waals surface area contributed by atoms with Crippen molar-refractivity contribution in [3.05, 3.63) is 12.4 Å². The minimum atomic E-state index is 0.0566. The predicted octanol–water partition coefficient (Wildman–Crippen LogP) is 0.717. The average Bonchev–Trinajstić information content (AvgIpc) is 2.78. The van der Waals surface area contributed by atoms with Gasteiger partial charge in [0.05, 0.1) is 38.2 Å². The molecule has 0 atom stereocenters. The van der Waals surface area contributed by atoms with Crippen molar-refractivity contribution >= 4 is 5.69 Å². The first-order valence-corrected chi connectivity index (χ1v) is 5.75. The molecule has 1 aromatic rings. The molecular weight excluding hydrogens is 218 g/mol. The number of anilines is 1. The number of aliphatic hydroxyl groups is 1. The van der Waals surface area contributed by atoms with Gasteiger partial charge in [0.2, 0.25) is 0 Å². The largest absolute Gasteiger partial charge is 0.394 e. The molecule has 0 spiro atoms. The van der Waals surface area contributed by atoms with Crippen LogP contribution in [0.25, 0.3) is 0 Å². The summed E-state index contributed by atoms with van der Waals surface area (Å²) in [4.78, 5) is 0. The van der Waals surface area contributed by atoms with Crippen LogP contribution in [0, 0.1) is 12.3 Å². The molecular formula is C12H19N3O2. The van der Waals surface area contributed by atoms with E-state index < -0.39 is 0 Å². The molecule has 1 rings (SSSR count). The Bertz CT molecular complexity index is 344. The van der Waals surface area contributed by atoms with E-state index in [2.05, 4.69) is 16.3 Å². The van der Waals surface area contributed by atoms with E-state index in [0.717, 1.165) is 25.1 Å². The first-order valence-electron chi connectivity index (χ1n) is 5.75. The Balaban J connectivity index is 2.16. The molecule has 1 aromatic heterocycles. The summed E-state index contributed by atoms with van der Waals surface area (Å²) in [5.74, 6) is 2.60. The van der Waals surface area contributed by atoms with Gasteiger partial charge in [0.15, 0.2) is 0 Å². The topological polar surface area (TPSA) is 59.3 Å². The minimum Gasteiger partial charge on any atom is -0.394 e. The number of hydrogen-bond donors (Lipinski definition) is 2. The SMILES string of the molecule is C#CCCCNc1cnn(CCOCCO)c1. The molecule has 0 bridgehead atoms. The number of aromatic nitrogens is 2. The van der Waals surface area contributed by atoms with Gasteiger partial charge in [0.25, 0.3) is 0 Å². The molecule has 0 aliphatic rings. The van der Waals surface area contributed by atoms with Gasteiger partial charge in [0.1, 0.15) is 0 Å². The monoisotopic (exact) mass is 237 g/mol. The smallest absolute Gasteiger partial charge is 0.0726 e. The van der Waals surface area contributed by atoms with Gasteiger partial charge in [-0.2, -0.15) is 5.10 Å². The van der Waals surface area contributed by atoms with Gasteiger partial charge in [0, 0.05) is 19.2 Å². The number of nitrogens with one attached hydrogen (secondary N) is 1. The minimum absolute atomic E-state index is 0.0566. The van der Waals surface area contributed by atoms with Gasteiger partial charge in [-0.25, -0.2) is 0 Å². The highest BCUT2D eigenvalue weighted by molar-refractivity contribution is 5.37. The van der Waals surface area contributed by atoms with Crippen LogP contribution in [0.4, 0.5) is 5.69 Å². The average molecular weight is 237 g/mol. The number of ether oxygens (including phenoxy) is 1. The Morgan fingerprint density at radius 1 is 1.53 bits per heavy atom. The van der Waals surface area contributed by atoms with Crippen LogP contribution in [0.3, 0.4) is 0 Å². The van der Waals surface area contributed by atoms with Crippen molar-refractivity contribution in [3.8, 4) is 12.3 Å². The maximum absolute atomic E-state index is 8.54. The number of hydrogen-bond acceptors (Lipinski definition) is 4. The third-order valence-electron chi connectivity index (χ3n) is 2.16. The molecule has 0 saturated carbocycles. The van der Waals surface area contributed by atoms with Crippen LogP contribution < -0.4 is 5.32 Å². The number of unbranched alkanes of at least 4 members (excludes halogenated alkanes) is 1. The van der Waals surface area contributed by atoms with E-state index in [1.165, 1.54) is 0 Å². The molecule has 0 radical (unpaired) electrons. The van der Waals surface area contributed by atoms with Crippen LogP contribution in [0.5, 0.6) is 0 Å². The summed E-state index contributed by atoms with van der Waals surface area (Å²) in [7, 11) is 0. The molecule has 0 aromatic carbocycles. The summed E-state index contributed by atoms with van der Waals surface area (Å²) >= 11 is 0. The van der Waals surface area contributed by atoms with Crippen molar-refractivity contribution in [3.63, 3.8) is 0 Å². The highest BCUT2D eigenvalue weighted by Gasteiger charge is 1.97. The van der Waals surface area contributed by atoms with Crippen LogP contribution >= 0.6 is 0 Å². The third-order valence-corrected chi connectivity index (χ3v) is 2.16. The number of nitrogens with zero attached hydrogens (tertiary/aromatic N) is 2. The molecule has 0 aliphatic heterocycles. The van der Waals surface area contributed by atoms with Gasteiger partial charge in [-0.1, -0.05) is 0 Å². The van der Waals surface area contributed by atoms with E-state index in [4.69, 9.17) is 16.3 Å². The van der Waals surface area contributed by atoms with E-state index in [-0.39, 0.29) is 6.61 Å². The van der Waals surface area contributed by atoms with Crippen LogP contribution in [0.2, 0.25) is 0 Å². The van der Waals surface area contributed by atoms with Crippen molar-refractivity contribution < 1.29 is 9.84 Å². The van der Waals surface area contributed by atoms with Crippen LogP contribution in [0.15, 0.2) is 12.4 Å². The Kier molecular flexibility index (Phi) is 6.87. The molecule has 94 valence electrons. The van der Waals surface area contributed by atoms with E-state index in [1.807, 2.05) is 6.20 Å². The Hall–Kier alpha value is -1.51. The normalized spacial score (nSPS) is 10.1. The second kappa shape index (κ2) is 8.62. The van der Waals surface area contributed by atoms with Gasteiger partial charge in [-0.3, -0.25) is 4.68 Å². The summed E-state index contributed by atoms with van der Waals surface area (Å²) in [6.45, 7) is 2.53. The quantitative estimate of drug-likeness (QED) is 0.491. The summed E-state index contributed by atoms with van der Waals surface area (Å²) in [5, 5.41) is 16.0. The standard InChI is InChI=1S/C12H19N3O2/c1-2-3-4-5-13-12-10-14-15(11-12)6-8-17-9-7-16/h1,10-11,13,16H,3-9H2. The fourth-order valence-electron chi connectivity index (χ4n) is 1.33. The Labute approximate surface area is 102 Å². The zero-order valence-corrected chi connectivity index (χ0v) is 9.93. The molecule has 0 unspecified atom stereocenters. The van der Waals surface area contributed by atoms with Crippen molar-refractivity contribution in [1.82, 2.24) is 9.78 Å². The lowest BCUT2D eigenvalue weighted by Gasteiger charge is -2.02. The van der Waals surface area contributed by atoms with Crippen LogP contribution in [-0.4, -0.2) is 41.3 Å². The van der Waals surface area contributed by atoms with Gasteiger partial charge < -0.3 is 15.2 Å². The van der Waals surface area contributed by atoms with E-state index in [9.17, 15) is 0 Å². The van der Waals surface area contributed by atoms with Gasteiger partial charge >= 0.3 is 0 Å². The highest BCUT2D eigenvalue weighted by Crippen LogP contribution is 2.04. The number of rotatable bonds is 9. The van der Waals surface area contributed by atoms with E-state index in [0.29, 0.717) is 19.8 Å². The van der Waals surface area contributed by atoms with Crippen molar-refractivity contribution in [2.24, 2.45) is 0 Å². The van der Waals surface area contributed by atoms with Crippen molar-refractivity contribution in [2.45, 2.75) is 19.4 Å². The Morgan fingerprint density at radius 2 is 2.41 bits per heavy atom. The first-order chi connectivity index (χ1) is 8.36. The Morgan fingerprint density at radius 3 is 3.18 bits per heavy atom. The molecule has 5 heteroatoms. The number of aliphatic hydroxyl groups excluding tert-OH is 1. The van der Waals surface area contributed by atoms with Crippen LogP contribution in [0.1, 0.15) is 12.8 Å². The second-order valence-electron chi connectivity index (χ2n) is 3.56. The summed E-state index contributed by atoms with van der Waals surface area (Å²) in [6.07, 6.45) is 10.6. The molecule has 17 heavy (non-hydrogen) atoms. The summed E-state index contributed by atoms with van der Waals surface area (Å²) in [5.41, 5.74) is 0.990. The zero-order chi connectivity index (χ0) is 12.3. The summed E-state index contributed by atoms with van der Waals surface area (Å²) < 4.78 is 6.96. The van der Waals surface area contributed by atoms with Gasteiger partial charge in [-0.15, -0.1) is 12.3 Å². The molecule has 0 aliphatic carbocycles. The lowest BCUT2D eigenvalue weighted by Crippen LogP contribution is -2.08. The van der Waals surface area contributed by atoms with Crippen molar-refractivity contribution in [2.75, 3.05) is 31.7 Å². The zero-order valence-electron chi connectivity index (χ0n) is 9.93. The number of terminal acetylenes is 1. The molecule has 2 N–H and O–H groups in total. The molecule has 0 fully saturated rings. The lowest BCUT2D eigenvalue weighted by molar-refractivity contribution is 0.0854. The third kappa shape index (κ3) is 5.95. The van der Waals surface area contributed by atoms with E-state index >= 15 is 0 Å². The second-order valence-corrected chi connectivity index (χ2v) is 3.56. The maximum Gasteiger partial charge on any atom is 0.0726 e. The molecule has 5 nitrogen and oxygen atoms in total. The predicted molar refractivity (Wildman–Crippen MR) is 66.7 cm³/mol. The maximum atomic E-state index is 8.54. The molecule has 1 heterocycles. The fraction of sp³-hybridized carbons (Fsp3) is 0.583. The molecule has 0 amide bonds. The molecule has 0 saturated heterocycles. The first kappa shape index (κ1) is 13.6. The van der Waals surface area contributed by atoms with Gasteiger partial charge in [-0.05, 0) is 6.42 Å². The van der Waals surface area contributed by atoms with E-state index in [1.54, 1.807) is 10.9 Å². The van der Waals surface area contributed by atoms with Crippen LogP contribution in [-0.2, 0) is 11.3 Å². The lowest BCUT2D eigenvalue weighted by atomic mass is 10.3. The highest BCUT2D eigenvalue weighted by atomic mass is 16.5. The summed E-state index contributed by atoms with van der Waals surface area (Å²) in [6, 6.07) is 0.